The normalized spacial score (nSPS) is 21.5. The summed E-state index contributed by atoms with van der Waals surface area (Å²) in [7, 11) is 0. The van der Waals surface area contributed by atoms with Crippen molar-refractivity contribution >= 4 is 11.1 Å². The van der Waals surface area contributed by atoms with Crippen molar-refractivity contribution in [1.29, 1.82) is 0 Å². The van der Waals surface area contributed by atoms with Gasteiger partial charge in [0.1, 0.15) is 0 Å². The van der Waals surface area contributed by atoms with E-state index in [2.05, 4.69) is 4.98 Å². The fraction of sp³-hybridized carbons (Fsp3) is 0.188. The smallest absolute Gasteiger partial charge is 0.264 e. The van der Waals surface area contributed by atoms with Gasteiger partial charge in [0, 0.05) is 29.1 Å². The maximum atomic E-state index is 14.2. The van der Waals surface area contributed by atoms with E-state index < -0.39 is 34.5 Å². The molecule has 0 bridgehead atoms. The van der Waals surface area contributed by atoms with Crippen LogP contribution in [0.5, 0.6) is 0 Å². The number of nitrogens with zero attached hydrogens (tertiary/aromatic N) is 1. The maximum Gasteiger partial charge on any atom is 0.380 e. The Hall–Kier alpha value is -2.31. The van der Waals surface area contributed by atoms with E-state index in [9.17, 15) is 26.3 Å². The van der Waals surface area contributed by atoms with Crippen LogP contribution < -0.4 is 0 Å². The summed E-state index contributed by atoms with van der Waals surface area (Å²) in [6, 6.07) is 8.55. The highest BCUT2D eigenvalue weighted by Crippen LogP contribution is 2.64. The highest BCUT2D eigenvalue weighted by atomic mass is 19.3. The summed E-state index contributed by atoms with van der Waals surface area (Å²) in [4.78, 5) is 3.56. The van der Waals surface area contributed by atoms with Gasteiger partial charge in [0.05, 0.1) is 0 Å². The van der Waals surface area contributed by atoms with Crippen LogP contribution in [0.15, 0.2) is 54.9 Å². The molecular weight excluding hydrogens is 320 g/mol. The number of alkyl halides is 6. The van der Waals surface area contributed by atoms with Crippen LogP contribution in [0.3, 0.4) is 0 Å². The second-order valence-corrected chi connectivity index (χ2v) is 5.08. The average Bonchev–Trinajstić information content (AvgIpc) is 2.63. The number of benzene rings is 1. The predicted octanol–water partition coefficient (Wildman–Crippen LogP) is 4.91. The SMILES string of the molecule is FC1(F)C(c2ccccc2)=C(c2cccnc2)C(F)(F)C1(F)F. The molecule has 0 aliphatic heterocycles. The summed E-state index contributed by atoms with van der Waals surface area (Å²) in [5.41, 5.74) is -3.62. The lowest BCUT2D eigenvalue weighted by molar-refractivity contribution is -0.254. The Balaban J connectivity index is 2.39. The van der Waals surface area contributed by atoms with Crippen LogP contribution in [0, 0.1) is 0 Å². The third-order valence-electron chi connectivity index (χ3n) is 3.68. The van der Waals surface area contributed by atoms with Gasteiger partial charge in [-0.05, 0) is 11.6 Å². The van der Waals surface area contributed by atoms with Gasteiger partial charge in [0.25, 0.3) is 0 Å². The molecule has 0 fully saturated rings. The number of pyridine rings is 1. The summed E-state index contributed by atoms with van der Waals surface area (Å²) in [6.45, 7) is 0. The maximum absolute atomic E-state index is 14.2. The Morgan fingerprint density at radius 3 is 1.70 bits per heavy atom. The third kappa shape index (κ3) is 1.99. The number of allylic oxidation sites excluding steroid dienone is 2. The first-order chi connectivity index (χ1) is 10.7. The molecule has 0 spiro atoms. The van der Waals surface area contributed by atoms with Crippen molar-refractivity contribution in [3.8, 4) is 0 Å². The van der Waals surface area contributed by atoms with Crippen molar-refractivity contribution in [3.05, 3.63) is 66.0 Å². The molecule has 7 heteroatoms. The fourth-order valence-corrected chi connectivity index (χ4v) is 2.59. The van der Waals surface area contributed by atoms with E-state index in [-0.39, 0.29) is 5.56 Å². The first kappa shape index (κ1) is 15.6. The minimum absolute atomic E-state index is 0.381. The molecule has 1 heterocycles. The van der Waals surface area contributed by atoms with Crippen LogP contribution >= 0.6 is 0 Å². The summed E-state index contributed by atoms with van der Waals surface area (Å²) < 4.78 is 84.4. The standard InChI is InChI=1S/C16H9F6N/c17-14(18)12(10-5-2-1-3-6-10)13(11-7-4-8-23-9-11)15(19,20)16(14,21)22/h1-9H. The molecule has 0 unspecified atom stereocenters. The van der Waals surface area contributed by atoms with Gasteiger partial charge in [-0.2, -0.15) is 26.3 Å². The lowest BCUT2D eigenvalue weighted by atomic mass is 9.96. The molecule has 1 aromatic carbocycles. The molecule has 0 amide bonds. The summed E-state index contributed by atoms with van der Waals surface area (Å²) in [5.74, 6) is -15.6. The molecule has 0 saturated heterocycles. The number of aromatic nitrogens is 1. The second kappa shape index (κ2) is 4.84. The van der Waals surface area contributed by atoms with Gasteiger partial charge in [0.2, 0.25) is 0 Å². The number of rotatable bonds is 2. The van der Waals surface area contributed by atoms with Crippen molar-refractivity contribution in [2.75, 3.05) is 0 Å². The Bertz CT molecular complexity index is 689. The molecular formula is C16H9F6N. The molecule has 2 aromatic rings. The molecule has 120 valence electrons. The van der Waals surface area contributed by atoms with E-state index in [4.69, 9.17) is 0 Å². The molecule has 23 heavy (non-hydrogen) atoms. The van der Waals surface area contributed by atoms with Gasteiger partial charge in [0.15, 0.2) is 0 Å². The number of hydrogen-bond acceptors (Lipinski definition) is 1. The van der Waals surface area contributed by atoms with Crippen molar-refractivity contribution in [2.24, 2.45) is 0 Å². The van der Waals surface area contributed by atoms with Crippen molar-refractivity contribution in [1.82, 2.24) is 4.98 Å². The van der Waals surface area contributed by atoms with E-state index >= 15 is 0 Å². The lowest BCUT2D eigenvalue weighted by Crippen LogP contribution is -2.48. The number of hydrogen-bond donors (Lipinski definition) is 0. The lowest BCUT2D eigenvalue weighted by Gasteiger charge is -2.25. The third-order valence-corrected chi connectivity index (χ3v) is 3.68. The highest BCUT2D eigenvalue weighted by Gasteiger charge is 2.80. The predicted molar refractivity (Wildman–Crippen MR) is 72.3 cm³/mol. The van der Waals surface area contributed by atoms with Crippen LogP contribution in [-0.2, 0) is 0 Å². The molecule has 1 aliphatic carbocycles. The minimum Gasteiger partial charge on any atom is -0.264 e. The van der Waals surface area contributed by atoms with E-state index in [1.807, 2.05) is 0 Å². The first-order valence-electron chi connectivity index (χ1n) is 6.55. The molecule has 0 saturated carbocycles. The van der Waals surface area contributed by atoms with E-state index in [1.165, 1.54) is 30.5 Å². The van der Waals surface area contributed by atoms with Crippen molar-refractivity contribution in [3.63, 3.8) is 0 Å². The van der Waals surface area contributed by atoms with E-state index in [1.54, 1.807) is 0 Å². The summed E-state index contributed by atoms with van der Waals surface area (Å²) in [5, 5.41) is 0. The van der Waals surface area contributed by atoms with Gasteiger partial charge < -0.3 is 0 Å². The Labute approximate surface area is 127 Å². The van der Waals surface area contributed by atoms with Gasteiger partial charge >= 0.3 is 17.8 Å². The van der Waals surface area contributed by atoms with Crippen molar-refractivity contribution in [2.45, 2.75) is 17.8 Å². The zero-order valence-corrected chi connectivity index (χ0v) is 11.4. The molecule has 3 rings (SSSR count). The molecule has 1 nitrogen and oxygen atoms in total. The molecule has 0 radical (unpaired) electrons. The summed E-state index contributed by atoms with van der Waals surface area (Å²) >= 11 is 0. The fourth-order valence-electron chi connectivity index (χ4n) is 2.59. The van der Waals surface area contributed by atoms with Crippen LogP contribution in [0.25, 0.3) is 11.1 Å². The minimum atomic E-state index is -5.53. The monoisotopic (exact) mass is 329 g/mol. The Kier molecular flexibility index (Phi) is 3.28. The largest absolute Gasteiger partial charge is 0.380 e. The van der Waals surface area contributed by atoms with Crippen LogP contribution in [0.1, 0.15) is 11.1 Å². The van der Waals surface area contributed by atoms with Gasteiger partial charge in [-0.25, -0.2) is 0 Å². The van der Waals surface area contributed by atoms with Crippen LogP contribution in [0.2, 0.25) is 0 Å². The Morgan fingerprint density at radius 1 is 0.652 bits per heavy atom. The summed E-state index contributed by atoms with van der Waals surface area (Å²) in [6.07, 6.45) is 2.10. The zero-order chi connectivity index (χ0) is 16.9. The number of halogens is 6. The molecule has 0 atom stereocenters. The second-order valence-electron chi connectivity index (χ2n) is 5.08. The van der Waals surface area contributed by atoms with E-state index in [0.717, 1.165) is 24.4 Å². The highest BCUT2D eigenvalue weighted by molar-refractivity contribution is 6.00. The van der Waals surface area contributed by atoms with Gasteiger partial charge in [-0.1, -0.05) is 36.4 Å². The molecule has 1 aromatic heterocycles. The van der Waals surface area contributed by atoms with Gasteiger partial charge in [-0.3, -0.25) is 4.98 Å². The Morgan fingerprint density at radius 2 is 1.17 bits per heavy atom. The quantitative estimate of drug-likeness (QED) is 0.713. The van der Waals surface area contributed by atoms with Crippen LogP contribution in [0.4, 0.5) is 26.3 Å². The van der Waals surface area contributed by atoms with Crippen molar-refractivity contribution < 1.29 is 26.3 Å². The molecule has 1 aliphatic rings. The topological polar surface area (TPSA) is 12.9 Å². The zero-order valence-electron chi connectivity index (χ0n) is 11.4. The van der Waals surface area contributed by atoms with E-state index in [0.29, 0.717) is 0 Å². The van der Waals surface area contributed by atoms with Gasteiger partial charge in [-0.15, -0.1) is 0 Å². The molecule has 0 N–H and O–H groups in total. The average molecular weight is 329 g/mol. The first-order valence-corrected chi connectivity index (χ1v) is 6.55. The van der Waals surface area contributed by atoms with Crippen LogP contribution in [-0.4, -0.2) is 22.8 Å².